The topological polar surface area (TPSA) is 77.7 Å². The number of amides is 2. The fourth-order valence-corrected chi connectivity index (χ4v) is 6.12. The van der Waals surface area contributed by atoms with Crippen molar-refractivity contribution in [3.63, 3.8) is 0 Å². The fraction of sp³-hybridized carbons (Fsp3) is 0.179. The molecule has 4 heterocycles. The first-order chi connectivity index (χ1) is 18.3. The normalized spacial score (nSPS) is 15.8. The Balaban J connectivity index is 1.32. The summed E-state index contributed by atoms with van der Waals surface area (Å²) in [6.07, 6.45) is 1.89. The van der Waals surface area contributed by atoms with Crippen molar-refractivity contribution in [2.45, 2.75) is 27.3 Å². The Morgan fingerprint density at radius 1 is 1.05 bits per heavy atom. The predicted molar refractivity (Wildman–Crippen MR) is 153 cm³/mol. The number of anilines is 1. The minimum Gasteiger partial charge on any atom is -0.454 e. The molecule has 10 heteroatoms. The molecule has 1 N–H and O–H groups in total. The van der Waals surface area contributed by atoms with E-state index in [4.69, 9.17) is 21.7 Å². The van der Waals surface area contributed by atoms with Crippen molar-refractivity contribution in [2.24, 2.45) is 0 Å². The van der Waals surface area contributed by atoms with Crippen LogP contribution < -0.4 is 19.8 Å². The van der Waals surface area contributed by atoms with Crippen LogP contribution in [0.5, 0.6) is 11.5 Å². The molecule has 38 heavy (non-hydrogen) atoms. The molecule has 0 atom stereocenters. The van der Waals surface area contributed by atoms with Gasteiger partial charge in [-0.1, -0.05) is 30.0 Å². The lowest BCUT2D eigenvalue weighted by atomic mass is 10.1. The molecule has 2 aliphatic rings. The van der Waals surface area contributed by atoms with Gasteiger partial charge in [-0.25, -0.2) is 0 Å². The average Bonchev–Trinajstić information content (AvgIpc) is 3.62. The number of hydrogen-bond acceptors (Lipinski definition) is 6. The van der Waals surface area contributed by atoms with Crippen molar-refractivity contribution < 1.29 is 19.1 Å². The molecular formula is C28H24N4O4S2. The first kappa shape index (κ1) is 24.3. The van der Waals surface area contributed by atoms with Gasteiger partial charge in [-0.15, -0.1) is 0 Å². The lowest BCUT2D eigenvalue weighted by Crippen LogP contribution is -2.39. The molecule has 6 rings (SSSR count). The summed E-state index contributed by atoms with van der Waals surface area (Å²) in [5, 5.41) is 5.45. The number of aromatic nitrogens is 2. The van der Waals surface area contributed by atoms with Crippen molar-refractivity contribution in [2.75, 3.05) is 17.1 Å². The van der Waals surface area contributed by atoms with E-state index >= 15 is 0 Å². The molecule has 0 saturated carbocycles. The Hall–Kier alpha value is -4.02. The van der Waals surface area contributed by atoms with Gasteiger partial charge in [-0.3, -0.25) is 14.3 Å². The van der Waals surface area contributed by atoms with E-state index in [9.17, 15) is 9.59 Å². The zero-order valence-corrected chi connectivity index (χ0v) is 22.6. The monoisotopic (exact) mass is 544 g/mol. The van der Waals surface area contributed by atoms with Gasteiger partial charge in [0.15, 0.2) is 15.8 Å². The van der Waals surface area contributed by atoms with Crippen molar-refractivity contribution in [3.05, 3.63) is 82.1 Å². The van der Waals surface area contributed by atoms with Crippen LogP contribution in [0.3, 0.4) is 0 Å². The van der Waals surface area contributed by atoms with Crippen LogP contribution in [0.2, 0.25) is 0 Å². The number of thiocarbonyl (C=S) groups is 1. The Morgan fingerprint density at radius 2 is 1.79 bits per heavy atom. The Bertz CT molecular complexity index is 1660. The standard InChI is InChI=1S/C28H24N4O4S2/c1-16-8-9-17(2)31(16)32-27(34)25(38-28(32)37)13-21-18(3)30(22-7-5-4-6-20(21)22)14-26(33)29-19-10-11-23-24(12-19)36-15-35-23/h4-13H,14-15H2,1-3H3,(H,29,33)/b25-13-. The van der Waals surface area contributed by atoms with Crippen LogP contribution in [-0.4, -0.2) is 32.2 Å². The minimum atomic E-state index is -0.177. The number of rotatable bonds is 5. The van der Waals surface area contributed by atoms with Crippen LogP contribution >= 0.6 is 24.0 Å². The predicted octanol–water partition coefficient (Wildman–Crippen LogP) is 5.27. The molecule has 192 valence electrons. The van der Waals surface area contributed by atoms with Gasteiger partial charge in [0.1, 0.15) is 6.54 Å². The number of hydrogen-bond donors (Lipinski definition) is 1. The number of nitrogens with zero attached hydrogens (tertiary/aromatic N) is 3. The van der Waals surface area contributed by atoms with E-state index in [1.54, 1.807) is 23.2 Å². The van der Waals surface area contributed by atoms with E-state index in [-0.39, 0.29) is 25.2 Å². The molecule has 0 aliphatic carbocycles. The number of thioether (sulfide) groups is 1. The van der Waals surface area contributed by atoms with Crippen molar-refractivity contribution >= 4 is 62.8 Å². The summed E-state index contributed by atoms with van der Waals surface area (Å²) in [6, 6.07) is 17.1. The second kappa shape index (κ2) is 9.38. The van der Waals surface area contributed by atoms with Gasteiger partial charge in [-0.05, 0) is 69.4 Å². The largest absolute Gasteiger partial charge is 0.454 e. The summed E-state index contributed by atoms with van der Waals surface area (Å²) < 4.78 is 15.0. The zero-order valence-electron chi connectivity index (χ0n) is 21.0. The van der Waals surface area contributed by atoms with Crippen molar-refractivity contribution in [1.29, 1.82) is 0 Å². The third-order valence-electron chi connectivity index (χ3n) is 6.72. The minimum absolute atomic E-state index is 0.108. The van der Waals surface area contributed by atoms with Gasteiger partial charge in [0.2, 0.25) is 12.7 Å². The molecule has 2 aromatic carbocycles. The molecule has 1 saturated heterocycles. The van der Waals surface area contributed by atoms with Crippen LogP contribution in [-0.2, 0) is 16.1 Å². The van der Waals surface area contributed by atoms with Crippen molar-refractivity contribution in [3.8, 4) is 11.5 Å². The molecule has 0 radical (unpaired) electrons. The van der Waals surface area contributed by atoms with Crippen LogP contribution in [0.4, 0.5) is 5.69 Å². The third-order valence-corrected chi connectivity index (χ3v) is 8.00. The van der Waals surface area contributed by atoms with Crippen LogP contribution in [0.1, 0.15) is 22.6 Å². The summed E-state index contributed by atoms with van der Waals surface area (Å²) in [5.41, 5.74) is 5.17. The lowest BCUT2D eigenvalue weighted by molar-refractivity contribution is -0.117. The number of aryl methyl sites for hydroxylation is 2. The number of fused-ring (bicyclic) bond motifs is 2. The highest BCUT2D eigenvalue weighted by Gasteiger charge is 2.35. The van der Waals surface area contributed by atoms with Crippen molar-refractivity contribution in [1.82, 2.24) is 9.24 Å². The van der Waals surface area contributed by atoms with E-state index < -0.39 is 0 Å². The molecule has 1 fully saturated rings. The van der Waals surface area contributed by atoms with Crippen LogP contribution in [0, 0.1) is 20.8 Å². The highest BCUT2D eigenvalue weighted by atomic mass is 32.2. The number of carbonyl (C=O) groups is 2. The number of benzene rings is 2. The van der Waals surface area contributed by atoms with Gasteiger partial charge in [0.05, 0.1) is 4.91 Å². The number of nitrogens with one attached hydrogen (secondary N) is 1. The summed E-state index contributed by atoms with van der Waals surface area (Å²) in [4.78, 5) is 27.1. The van der Waals surface area contributed by atoms with E-state index in [1.807, 2.05) is 72.5 Å². The third kappa shape index (κ3) is 4.06. The number of carbonyl (C=O) groups excluding carboxylic acids is 2. The van der Waals surface area contributed by atoms with Gasteiger partial charge in [-0.2, -0.15) is 5.01 Å². The maximum absolute atomic E-state index is 13.5. The fourth-order valence-electron chi connectivity index (χ4n) is 4.90. The molecule has 2 aliphatic heterocycles. The molecule has 4 aromatic rings. The maximum atomic E-state index is 13.5. The summed E-state index contributed by atoms with van der Waals surface area (Å²) in [7, 11) is 0. The second-order valence-electron chi connectivity index (χ2n) is 9.14. The highest BCUT2D eigenvalue weighted by Crippen LogP contribution is 2.37. The molecule has 0 bridgehead atoms. The second-order valence-corrected chi connectivity index (χ2v) is 10.8. The first-order valence-corrected chi connectivity index (χ1v) is 13.2. The Morgan fingerprint density at radius 3 is 2.58 bits per heavy atom. The summed E-state index contributed by atoms with van der Waals surface area (Å²) in [5.74, 6) is 0.922. The number of ether oxygens (including phenoxy) is 2. The maximum Gasteiger partial charge on any atom is 0.285 e. The smallest absolute Gasteiger partial charge is 0.285 e. The SMILES string of the molecule is Cc1ccc(C)n1N1C(=O)/C(=C/c2c(C)n(CC(=O)Nc3ccc4c(c3)OCO4)c3ccccc23)SC1=S. The Labute approximate surface area is 228 Å². The van der Waals surface area contributed by atoms with E-state index in [0.29, 0.717) is 26.4 Å². The molecule has 2 aromatic heterocycles. The van der Waals surface area contributed by atoms with E-state index in [1.165, 1.54) is 11.8 Å². The van der Waals surface area contributed by atoms with E-state index in [2.05, 4.69) is 5.32 Å². The summed E-state index contributed by atoms with van der Waals surface area (Å²) in [6.45, 7) is 6.13. The van der Waals surface area contributed by atoms with E-state index in [0.717, 1.165) is 33.5 Å². The van der Waals surface area contributed by atoms with Gasteiger partial charge in [0, 0.05) is 45.3 Å². The molecule has 2 amide bonds. The molecule has 0 spiro atoms. The molecular weight excluding hydrogens is 520 g/mol. The molecule has 0 unspecified atom stereocenters. The zero-order chi connectivity index (χ0) is 26.6. The van der Waals surface area contributed by atoms with Crippen LogP contribution in [0.25, 0.3) is 17.0 Å². The first-order valence-electron chi connectivity index (χ1n) is 12.0. The van der Waals surface area contributed by atoms with Crippen LogP contribution in [0.15, 0.2) is 59.5 Å². The van der Waals surface area contributed by atoms with Gasteiger partial charge >= 0.3 is 0 Å². The summed E-state index contributed by atoms with van der Waals surface area (Å²) >= 11 is 6.87. The lowest BCUT2D eigenvalue weighted by Gasteiger charge is -2.20. The highest BCUT2D eigenvalue weighted by molar-refractivity contribution is 8.27. The number of para-hydroxylation sites is 1. The van der Waals surface area contributed by atoms with Gasteiger partial charge in [0.25, 0.3) is 5.91 Å². The Kier molecular flexibility index (Phi) is 6.00. The average molecular weight is 545 g/mol. The van der Waals surface area contributed by atoms with Gasteiger partial charge < -0.3 is 19.4 Å². The quantitative estimate of drug-likeness (QED) is 0.272. The molecule has 8 nitrogen and oxygen atoms in total.